The second-order valence-corrected chi connectivity index (χ2v) is 19.6. The maximum absolute atomic E-state index is 12.8. The van der Waals surface area contributed by atoms with E-state index in [4.69, 9.17) is 0 Å². The fraction of sp³-hybridized carbons (Fsp3) is 0.276. The zero-order chi connectivity index (χ0) is 36.2. The number of anilines is 1. The van der Waals surface area contributed by atoms with Crippen LogP contribution < -0.4 is 23.4 Å². The Balaban J connectivity index is 1.51. The number of sulfonamides is 2. The van der Waals surface area contributed by atoms with Gasteiger partial charge in [-0.25, -0.2) is 0 Å². The van der Waals surface area contributed by atoms with Gasteiger partial charge in [0.15, 0.2) is 0 Å². The molecule has 1 atom stereocenters. The van der Waals surface area contributed by atoms with Gasteiger partial charge in [0, 0.05) is 0 Å². The molecule has 266 valence electrons. The summed E-state index contributed by atoms with van der Waals surface area (Å²) in [5.41, 5.74) is -8.57. The number of halogens is 6. The molecule has 0 amide bonds. The van der Waals surface area contributed by atoms with Crippen molar-refractivity contribution in [3.05, 3.63) is 87.6 Å². The van der Waals surface area contributed by atoms with Crippen LogP contribution in [0.4, 0.5) is 32.0 Å². The molecule has 49 heavy (non-hydrogen) atoms. The predicted molar refractivity (Wildman–Crippen MR) is 179 cm³/mol. The number of alkyl halides is 6. The van der Waals surface area contributed by atoms with Crippen LogP contribution in [0.1, 0.15) is 11.5 Å². The van der Waals surface area contributed by atoms with Crippen LogP contribution in [0.2, 0.25) is 0 Å². The minimum absolute atomic E-state index is 0.0160. The van der Waals surface area contributed by atoms with Gasteiger partial charge in [0.25, 0.3) is 0 Å². The summed E-state index contributed by atoms with van der Waals surface area (Å²) < 4.78 is 143. The Kier molecular flexibility index (Phi) is 12.6. The standard InChI is InChI=1S/C29H29F6N4O5S3Se2/c1-20(7-5-11-26-38(22-9-3-4-10-24(22)48-26)17-15-36-46(41,42)28(30,31)32)8-6-12-27-39(18-16-37-47(43,44)29(33,34)35)23-14-13-21(45(2)40)19-25(23)49-27/h3-14,19,36-37H,15-18H2,1-2H3/q+1. The van der Waals surface area contributed by atoms with Crippen molar-refractivity contribution in [3.63, 3.8) is 0 Å². The molecule has 2 aromatic carbocycles. The zero-order valence-electron chi connectivity index (χ0n) is 25.6. The number of aromatic nitrogens is 1. The Hall–Kier alpha value is -2.54. The molecule has 0 spiro atoms. The molecule has 20 heteroatoms. The first kappa shape index (κ1) is 39.2. The molecule has 2 heterocycles. The third-order valence-corrected chi connectivity index (χ3v) is 14.7. The molecule has 0 aliphatic carbocycles. The SMILES string of the molecule is CC(/C=C/C=C1\[Se]c2ccccc2N1CCNS(=O)(=O)C(F)(F)F)=C\C=C\c1[se]c2cc(S(C)=O)ccc2[n+]1CCNS(=O)(=O)C(F)(F)F. The van der Waals surface area contributed by atoms with E-state index in [2.05, 4.69) is 0 Å². The number of allylic oxidation sites excluding steroid dienone is 6. The first-order chi connectivity index (χ1) is 22.8. The van der Waals surface area contributed by atoms with Crippen molar-refractivity contribution < 1.29 is 52.0 Å². The number of rotatable bonds is 13. The van der Waals surface area contributed by atoms with E-state index in [9.17, 15) is 47.4 Å². The molecule has 0 bridgehead atoms. The van der Waals surface area contributed by atoms with Crippen molar-refractivity contribution in [1.82, 2.24) is 9.44 Å². The van der Waals surface area contributed by atoms with E-state index in [0.717, 1.165) is 29.1 Å². The number of nitrogens with zero attached hydrogens (tertiary/aromatic N) is 2. The zero-order valence-corrected chi connectivity index (χ0v) is 31.5. The first-order valence-corrected chi connectivity index (χ1v) is 22.0. The molecular formula is C29H29F6N4O5S3Se2+. The Morgan fingerprint density at radius 2 is 1.61 bits per heavy atom. The van der Waals surface area contributed by atoms with Crippen molar-refractivity contribution in [3.8, 4) is 0 Å². The van der Waals surface area contributed by atoms with E-state index in [-0.39, 0.29) is 42.5 Å². The second-order valence-electron chi connectivity index (χ2n) is 10.2. The second kappa shape index (κ2) is 15.8. The van der Waals surface area contributed by atoms with Gasteiger partial charge in [-0.05, 0) is 0 Å². The molecule has 9 nitrogen and oxygen atoms in total. The Morgan fingerprint density at radius 3 is 2.27 bits per heavy atom. The van der Waals surface area contributed by atoms with Gasteiger partial charge in [-0.3, -0.25) is 0 Å². The molecule has 1 aliphatic rings. The monoisotopic (exact) mass is 883 g/mol. The minimum atomic E-state index is -5.51. The van der Waals surface area contributed by atoms with Crippen LogP contribution in [-0.2, 0) is 37.4 Å². The van der Waals surface area contributed by atoms with Crippen molar-refractivity contribution >= 4 is 86.3 Å². The first-order valence-electron chi connectivity index (χ1n) is 14.0. The van der Waals surface area contributed by atoms with E-state index in [1.807, 2.05) is 31.2 Å². The normalized spacial score (nSPS) is 16.4. The van der Waals surface area contributed by atoms with Crippen molar-refractivity contribution in [2.24, 2.45) is 0 Å². The summed E-state index contributed by atoms with van der Waals surface area (Å²) in [5.74, 6) is 0. The van der Waals surface area contributed by atoms with E-state index in [1.54, 1.807) is 73.6 Å². The molecule has 0 saturated heterocycles. The van der Waals surface area contributed by atoms with Gasteiger partial charge in [-0.2, -0.15) is 0 Å². The summed E-state index contributed by atoms with van der Waals surface area (Å²) in [7, 11) is -12.2. The van der Waals surface area contributed by atoms with Crippen molar-refractivity contribution in [2.75, 3.05) is 30.8 Å². The third kappa shape index (κ3) is 9.83. The molecule has 1 unspecified atom stereocenters. The van der Waals surface area contributed by atoms with E-state index in [1.165, 1.54) is 6.26 Å². The van der Waals surface area contributed by atoms with Gasteiger partial charge >= 0.3 is 295 Å². The summed E-state index contributed by atoms with van der Waals surface area (Å²) in [4.78, 5) is 2.36. The molecule has 0 saturated carbocycles. The van der Waals surface area contributed by atoms with Crippen LogP contribution in [0.3, 0.4) is 0 Å². The average molecular weight is 882 g/mol. The van der Waals surface area contributed by atoms with Crippen molar-refractivity contribution in [2.45, 2.75) is 29.4 Å². The Bertz CT molecular complexity index is 2080. The fourth-order valence-electron chi connectivity index (χ4n) is 4.39. The van der Waals surface area contributed by atoms with E-state index < -0.39 is 55.0 Å². The average Bonchev–Trinajstić information content (AvgIpc) is 3.52. The van der Waals surface area contributed by atoms with Crippen LogP contribution in [-0.4, -0.2) is 87.4 Å². The molecule has 0 radical (unpaired) electrons. The molecule has 0 fully saturated rings. The molecule has 1 aliphatic heterocycles. The van der Waals surface area contributed by atoms with Gasteiger partial charge in [0.05, 0.1) is 0 Å². The van der Waals surface area contributed by atoms with Gasteiger partial charge in [0.2, 0.25) is 0 Å². The number of para-hydroxylation sites is 1. The van der Waals surface area contributed by atoms with Gasteiger partial charge in [-0.1, -0.05) is 0 Å². The fourth-order valence-corrected chi connectivity index (χ4v) is 10.9. The van der Waals surface area contributed by atoms with Crippen molar-refractivity contribution in [1.29, 1.82) is 0 Å². The van der Waals surface area contributed by atoms with E-state index in [0.29, 0.717) is 10.4 Å². The topological polar surface area (TPSA) is 117 Å². The van der Waals surface area contributed by atoms with Crippen LogP contribution in [0.25, 0.3) is 15.9 Å². The van der Waals surface area contributed by atoms with Gasteiger partial charge in [-0.15, -0.1) is 0 Å². The number of hydrogen-bond acceptors (Lipinski definition) is 6. The summed E-state index contributed by atoms with van der Waals surface area (Å²) in [6.07, 6.45) is 12.2. The van der Waals surface area contributed by atoms with Crippen LogP contribution in [0, 0.1) is 0 Å². The maximum atomic E-state index is 12.8. The number of nitrogens with one attached hydrogen (secondary N) is 2. The quantitative estimate of drug-likeness (QED) is 0.118. The number of hydrogen-bond donors (Lipinski definition) is 2. The number of fused-ring (bicyclic) bond motifs is 2. The summed E-state index contributed by atoms with van der Waals surface area (Å²) in [6.45, 7) is 0.775. The molecular weight excluding hydrogens is 852 g/mol. The molecule has 3 aromatic rings. The predicted octanol–water partition coefficient (Wildman–Crippen LogP) is 3.01. The Morgan fingerprint density at radius 1 is 0.959 bits per heavy atom. The van der Waals surface area contributed by atoms with Gasteiger partial charge in [0.1, 0.15) is 0 Å². The molecule has 4 rings (SSSR count). The summed E-state index contributed by atoms with van der Waals surface area (Å²) in [6, 6.07) is 12.5. The van der Waals surface area contributed by atoms with Gasteiger partial charge < -0.3 is 0 Å². The van der Waals surface area contributed by atoms with E-state index >= 15 is 0 Å². The van der Waals surface area contributed by atoms with Crippen LogP contribution in [0.15, 0.2) is 87.9 Å². The van der Waals surface area contributed by atoms with Crippen LogP contribution >= 0.6 is 0 Å². The Labute approximate surface area is 293 Å². The summed E-state index contributed by atoms with van der Waals surface area (Å²) >= 11 is -0.497. The molecule has 2 N–H and O–H groups in total. The molecule has 1 aromatic heterocycles. The third-order valence-electron chi connectivity index (χ3n) is 6.73. The summed E-state index contributed by atoms with van der Waals surface area (Å²) in [5, 5.41) is 0. The van der Waals surface area contributed by atoms with Crippen LogP contribution in [0.5, 0.6) is 0 Å². The number of benzene rings is 2.